The van der Waals surface area contributed by atoms with Crippen LogP contribution in [0.1, 0.15) is 11.1 Å². The van der Waals surface area contributed by atoms with Crippen molar-refractivity contribution >= 4 is 67.8 Å². The molecule has 0 N–H and O–H groups in total. The van der Waals surface area contributed by atoms with Gasteiger partial charge in [-0.15, -0.1) is 0 Å². The minimum Gasteiger partial charge on any atom is -0.458 e. The van der Waals surface area contributed by atoms with Crippen LogP contribution in [-0.4, -0.2) is 22.6 Å². The van der Waals surface area contributed by atoms with Gasteiger partial charge in [-0.2, -0.15) is 0 Å². The molecule has 3 aromatic heterocycles. The first-order valence-corrected chi connectivity index (χ1v) is 18.3. The third kappa shape index (κ3) is 3.60. The number of pyridine rings is 2. The topological polar surface area (TPSA) is 43.2 Å². The molecule has 0 aliphatic carbocycles. The molecular weight excluding hydrogens is 605 g/mol. The van der Waals surface area contributed by atoms with Crippen LogP contribution in [0, 0.1) is 13.8 Å². The van der Waals surface area contributed by atoms with Gasteiger partial charge in [-0.25, -0.2) is 0 Å². The zero-order chi connectivity index (χ0) is 32.0. The molecule has 228 valence electrons. The molecule has 0 amide bonds. The predicted octanol–water partition coefficient (Wildman–Crippen LogP) is 7.46. The summed E-state index contributed by atoms with van der Waals surface area (Å²) in [6, 6.07) is 46.4. The van der Waals surface area contributed by atoms with Gasteiger partial charge in [-0.3, -0.25) is 9.97 Å². The second-order valence-electron chi connectivity index (χ2n) is 12.8. The molecule has 0 saturated carbocycles. The number of benzene rings is 5. The van der Waals surface area contributed by atoms with Crippen molar-refractivity contribution < 1.29 is 4.74 Å². The zero-order valence-corrected chi connectivity index (χ0v) is 27.6. The second-order valence-corrected chi connectivity index (χ2v) is 16.5. The molecule has 0 unspecified atom stereocenters. The summed E-state index contributed by atoms with van der Waals surface area (Å²) in [6.07, 6.45) is 5.61. The number of hydrogen-bond donors (Lipinski definition) is 0. The third-order valence-corrected chi connectivity index (χ3v) is 14.9. The van der Waals surface area contributed by atoms with E-state index in [1.54, 1.807) is 0 Å². The maximum absolute atomic E-state index is 6.64. The van der Waals surface area contributed by atoms with Crippen LogP contribution < -0.4 is 30.4 Å². The summed E-state index contributed by atoms with van der Waals surface area (Å²) in [4.78, 5) is 11.8. The van der Waals surface area contributed by atoms with E-state index in [9.17, 15) is 0 Å². The Bertz CT molecular complexity index is 2490. The standard InChI is InChI=1S/C42H30N4OSi/c1-27-15-18-33-40(23-27)48(38-13-5-3-11-36(38)47-37-12-4-6-14-39(37)48)41-24-28(2)16-19-34(41)45(33)29-17-20-32-31(25-29)42-35(10-8-22-44-42)46(32)30-9-7-21-43-26-30/h3-26H,1-2H3. The molecule has 5 heterocycles. The Labute approximate surface area is 279 Å². The highest BCUT2D eigenvalue weighted by molar-refractivity contribution is 7.22. The summed E-state index contributed by atoms with van der Waals surface area (Å²) in [5.74, 6) is 1.90. The number of aryl methyl sites for hydroxylation is 2. The van der Waals surface area contributed by atoms with E-state index in [-0.39, 0.29) is 0 Å². The van der Waals surface area contributed by atoms with Crippen LogP contribution >= 0.6 is 0 Å². The van der Waals surface area contributed by atoms with Gasteiger partial charge in [0.05, 0.1) is 28.4 Å². The maximum atomic E-state index is 6.64. The monoisotopic (exact) mass is 634 g/mol. The van der Waals surface area contributed by atoms with Gasteiger partial charge < -0.3 is 14.2 Å². The Kier molecular flexibility index (Phi) is 5.66. The summed E-state index contributed by atoms with van der Waals surface area (Å²) in [7, 11) is -2.82. The Morgan fingerprint density at radius 2 is 1.23 bits per heavy atom. The molecule has 2 aliphatic rings. The van der Waals surface area contributed by atoms with Gasteiger partial charge in [-0.1, -0.05) is 71.8 Å². The Morgan fingerprint density at radius 3 is 1.90 bits per heavy atom. The lowest BCUT2D eigenvalue weighted by molar-refractivity contribution is 0.487. The minimum atomic E-state index is -2.82. The number of nitrogens with zero attached hydrogens (tertiary/aromatic N) is 4. The van der Waals surface area contributed by atoms with Gasteiger partial charge in [0.15, 0.2) is 8.07 Å². The van der Waals surface area contributed by atoms with Crippen molar-refractivity contribution in [1.29, 1.82) is 0 Å². The smallest absolute Gasteiger partial charge is 0.192 e. The molecule has 1 spiro atoms. The minimum absolute atomic E-state index is 0.951. The second kappa shape index (κ2) is 10.0. The third-order valence-electron chi connectivity index (χ3n) is 10.1. The normalized spacial score (nSPS) is 13.9. The first-order valence-electron chi connectivity index (χ1n) is 16.3. The zero-order valence-electron chi connectivity index (χ0n) is 26.6. The lowest BCUT2D eigenvalue weighted by Crippen LogP contribution is -2.78. The predicted molar refractivity (Wildman–Crippen MR) is 198 cm³/mol. The van der Waals surface area contributed by atoms with E-state index >= 15 is 0 Å². The molecule has 6 heteroatoms. The number of rotatable bonds is 2. The molecule has 10 rings (SSSR count). The van der Waals surface area contributed by atoms with Crippen LogP contribution in [-0.2, 0) is 0 Å². The highest BCUT2D eigenvalue weighted by Gasteiger charge is 2.53. The largest absolute Gasteiger partial charge is 0.458 e. The average molecular weight is 635 g/mol. The van der Waals surface area contributed by atoms with Gasteiger partial charge in [0.25, 0.3) is 0 Å². The number of fused-ring (bicyclic) bond motifs is 11. The van der Waals surface area contributed by atoms with E-state index in [1.165, 1.54) is 43.2 Å². The fraction of sp³-hybridized carbons (Fsp3) is 0.0476. The molecule has 0 radical (unpaired) electrons. The van der Waals surface area contributed by atoms with Crippen molar-refractivity contribution in [2.75, 3.05) is 4.90 Å². The van der Waals surface area contributed by atoms with E-state index in [0.29, 0.717) is 0 Å². The van der Waals surface area contributed by atoms with Gasteiger partial charge in [0, 0.05) is 34.8 Å². The van der Waals surface area contributed by atoms with Crippen molar-refractivity contribution in [3.05, 3.63) is 157 Å². The summed E-state index contributed by atoms with van der Waals surface area (Å²) < 4.78 is 8.90. The molecule has 48 heavy (non-hydrogen) atoms. The van der Waals surface area contributed by atoms with E-state index < -0.39 is 8.07 Å². The van der Waals surface area contributed by atoms with Gasteiger partial charge in [0.1, 0.15) is 11.5 Å². The van der Waals surface area contributed by atoms with Crippen LogP contribution in [0.4, 0.5) is 17.1 Å². The molecule has 0 atom stereocenters. The van der Waals surface area contributed by atoms with Crippen LogP contribution in [0.15, 0.2) is 146 Å². The summed E-state index contributed by atoms with van der Waals surface area (Å²) >= 11 is 0. The average Bonchev–Trinajstić information content (AvgIpc) is 3.46. The van der Waals surface area contributed by atoms with Crippen LogP contribution in [0.2, 0.25) is 0 Å². The van der Waals surface area contributed by atoms with Crippen molar-refractivity contribution in [2.24, 2.45) is 0 Å². The van der Waals surface area contributed by atoms with Crippen molar-refractivity contribution in [3.63, 3.8) is 0 Å². The Hall–Kier alpha value is -5.98. The van der Waals surface area contributed by atoms with Crippen molar-refractivity contribution in [2.45, 2.75) is 13.8 Å². The van der Waals surface area contributed by atoms with Crippen molar-refractivity contribution in [1.82, 2.24) is 14.5 Å². The van der Waals surface area contributed by atoms with E-state index in [4.69, 9.17) is 9.72 Å². The summed E-state index contributed by atoms with van der Waals surface area (Å²) in [6.45, 7) is 4.42. The van der Waals surface area contributed by atoms with E-state index in [1.807, 2.05) is 30.7 Å². The fourth-order valence-electron chi connectivity index (χ4n) is 8.14. The molecule has 8 aromatic rings. The van der Waals surface area contributed by atoms with E-state index in [0.717, 1.165) is 44.8 Å². The van der Waals surface area contributed by atoms with Crippen LogP contribution in [0.25, 0.3) is 27.6 Å². The number of aromatic nitrogens is 3. The lowest BCUT2D eigenvalue weighted by atomic mass is 10.1. The lowest BCUT2D eigenvalue weighted by Gasteiger charge is -2.47. The molecule has 5 aromatic carbocycles. The first-order chi connectivity index (χ1) is 23.6. The number of anilines is 3. The summed E-state index contributed by atoms with van der Waals surface area (Å²) in [5, 5.41) is 6.44. The van der Waals surface area contributed by atoms with Crippen LogP contribution in [0.3, 0.4) is 0 Å². The van der Waals surface area contributed by atoms with Gasteiger partial charge in [0.2, 0.25) is 0 Å². The molecule has 0 fully saturated rings. The molecule has 5 nitrogen and oxygen atoms in total. The number of para-hydroxylation sites is 2. The highest BCUT2D eigenvalue weighted by atomic mass is 28.3. The quantitative estimate of drug-likeness (QED) is 0.185. The SMILES string of the molecule is Cc1ccc2c(c1)[Si]1(c3ccccc3Oc3ccccc31)c1cc(C)ccc1N2c1ccc2c(c1)c1ncccc1n2-c1cccnc1. The Balaban J connectivity index is 1.30. The maximum Gasteiger partial charge on any atom is 0.192 e. The molecule has 0 bridgehead atoms. The number of hydrogen-bond acceptors (Lipinski definition) is 4. The fourth-order valence-corrected chi connectivity index (χ4v) is 13.6. The molecular formula is C42H30N4OSi. The Morgan fingerprint density at radius 1 is 0.562 bits per heavy atom. The van der Waals surface area contributed by atoms with Gasteiger partial charge in [-0.05, 0) is 101 Å². The van der Waals surface area contributed by atoms with Crippen molar-refractivity contribution in [3.8, 4) is 17.2 Å². The van der Waals surface area contributed by atoms with Crippen LogP contribution in [0.5, 0.6) is 11.5 Å². The molecule has 2 aliphatic heterocycles. The van der Waals surface area contributed by atoms with Gasteiger partial charge >= 0.3 is 0 Å². The molecule has 0 saturated heterocycles. The first kappa shape index (κ1) is 27.2. The summed E-state index contributed by atoms with van der Waals surface area (Å²) in [5.41, 5.74) is 10.2. The van der Waals surface area contributed by atoms with E-state index in [2.05, 4.69) is 144 Å². The highest BCUT2D eigenvalue weighted by Crippen LogP contribution is 2.43. The number of ether oxygens (including phenoxy) is 1.